The van der Waals surface area contributed by atoms with Gasteiger partial charge < -0.3 is 15.4 Å². The van der Waals surface area contributed by atoms with Crippen molar-refractivity contribution in [2.75, 3.05) is 19.7 Å². The average Bonchev–Trinajstić information content (AvgIpc) is 2.83. The molecule has 19 heavy (non-hydrogen) atoms. The van der Waals surface area contributed by atoms with Crippen molar-refractivity contribution in [2.45, 2.75) is 26.3 Å². The lowest BCUT2D eigenvalue weighted by Gasteiger charge is -2.16. The number of ether oxygens (including phenoxy) is 1. The van der Waals surface area contributed by atoms with Crippen LogP contribution < -0.4 is 10.5 Å². The maximum Gasteiger partial charge on any atom is 0.260 e. The number of hydrogen-bond acceptors (Lipinski definition) is 4. The summed E-state index contributed by atoms with van der Waals surface area (Å²) in [6.07, 6.45) is 0.872. The Labute approximate surface area is 119 Å². The van der Waals surface area contributed by atoms with Gasteiger partial charge in [0.2, 0.25) is 0 Å². The van der Waals surface area contributed by atoms with Crippen molar-refractivity contribution in [1.82, 2.24) is 14.7 Å². The predicted octanol–water partition coefficient (Wildman–Crippen LogP) is 0.397. The number of rotatable bonds is 3. The van der Waals surface area contributed by atoms with E-state index in [1.54, 1.807) is 9.58 Å². The molecule has 1 aliphatic rings. The minimum atomic E-state index is -0.00870. The smallest absolute Gasteiger partial charge is 0.260 e. The molecule has 1 saturated heterocycles. The Hall–Kier alpha value is -1.27. The van der Waals surface area contributed by atoms with Crippen LogP contribution in [-0.4, -0.2) is 46.3 Å². The Morgan fingerprint density at radius 2 is 2.21 bits per heavy atom. The van der Waals surface area contributed by atoms with Gasteiger partial charge >= 0.3 is 0 Å². The lowest BCUT2D eigenvalue weighted by atomic mass is 10.3. The van der Waals surface area contributed by atoms with Crippen LogP contribution in [0.5, 0.6) is 5.75 Å². The Morgan fingerprint density at radius 3 is 2.68 bits per heavy atom. The summed E-state index contributed by atoms with van der Waals surface area (Å²) in [5, 5.41) is 4.24. The lowest BCUT2D eigenvalue weighted by molar-refractivity contribution is -0.132. The third-order valence-electron chi connectivity index (χ3n) is 3.36. The van der Waals surface area contributed by atoms with Crippen LogP contribution in [-0.2, 0) is 11.8 Å². The van der Waals surface area contributed by atoms with Crippen LogP contribution in [0, 0.1) is 13.8 Å². The number of likely N-dealkylation sites (tertiary alicyclic amines) is 1. The summed E-state index contributed by atoms with van der Waals surface area (Å²) >= 11 is 0. The zero-order valence-electron chi connectivity index (χ0n) is 11.5. The Balaban J connectivity index is 0.00000180. The van der Waals surface area contributed by atoms with E-state index in [9.17, 15) is 4.79 Å². The number of aromatic nitrogens is 2. The van der Waals surface area contributed by atoms with E-state index in [4.69, 9.17) is 10.5 Å². The van der Waals surface area contributed by atoms with Crippen molar-refractivity contribution in [1.29, 1.82) is 0 Å². The number of hydrogen-bond donors (Lipinski definition) is 1. The number of halogens is 1. The molecule has 1 amide bonds. The molecule has 1 aliphatic heterocycles. The molecule has 108 valence electrons. The molecular weight excluding hydrogens is 268 g/mol. The summed E-state index contributed by atoms with van der Waals surface area (Å²) in [7, 11) is 1.86. The predicted molar refractivity (Wildman–Crippen MR) is 74.6 cm³/mol. The van der Waals surface area contributed by atoms with Gasteiger partial charge in [0.15, 0.2) is 12.4 Å². The monoisotopic (exact) mass is 288 g/mol. The second kappa shape index (κ2) is 6.25. The Bertz CT molecular complexity index is 461. The highest BCUT2D eigenvalue weighted by Gasteiger charge is 2.24. The van der Waals surface area contributed by atoms with E-state index < -0.39 is 0 Å². The van der Waals surface area contributed by atoms with Gasteiger partial charge in [-0.25, -0.2) is 0 Å². The van der Waals surface area contributed by atoms with E-state index in [1.807, 2.05) is 20.9 Å². The zero-order valence-corrected chi connectivity index (χ0v) is 12.4. The van der Waals surface area contributed by atoms with Crippen LogP contribution in [0.4, 0.5) is 0 Å². The standard InChI is InChI=1S/C12H20N4O2.ClH/c1-8-12(9(2)15(3)14-8)18-7-11(17)16-5-4-10(13)6-16;/h10H,4-7,13H2,1-3H3;1H. The van der Waals surface area contributed by atoms with E-state index in [0.717, 1.165) is 24.4 Å². The van der Waals surface area contributed by atoms with Gasteiger partial charge in [0.05, 0.1) is 5.69 Å². The van der Waals surface area contributed by atoms with E-state index in [1.165, 1.54) is 0 Å². The average molecular weight is 289 g/mol. The van der Waals surface area contributed by atoms with Crippen LogP contribution in [0.15, 0.2) is 0 Å². The molecule has 6 nitrogen and oxygen atoms in total. The third-order valence-corrected chi connectivity index (χ3v) is 3.36. The third kappa shape index (κ3) is 3.39. The molecule has 0 radical (unpaired) electrons. The van der Waals surface area contributed by atoms with E-state index in [0.29, 0.717) is 12.3 Å². The summed E-state index contributed by atoms with van der Waals surface area (Å²) in [5.41, 5.74) is 7.51. The summed E-state index contributed by atoms with van der Waals surface area (Å²) in [5.74, 6) is 0.694. The maximum atomic E-state index is 11.9. The lowest BCUT2D eigenvalue weighted by Crippen LogP contribution is -2.35. The zero-order chi connectivity index (χ0) is 13.3. The molecule has 0 spiro atoms. The van der Waals surface area contributed by atoms with E-state index in [-0.39, 0.29) is 31.0 Å². The fourth-order valence-corrected chi connectivity index (χ4v) is 2.20. The molecule has 0 aliphatic carbocycles. The summed E-state index contributed by atoms with van der Waals surface area (Å²) in [6.45, 7) is 5.21. The first-order valence-electron chi connectivity index (χ1n) is 6.15. The van der Waals surface area contributed by atoms with Crippen LogP contribution in [0.2, 0.25) is 0 Å². The minimum absolute atomic E-state index is 0. The SMILES string of the molecule is Cc1nn(C)c(C)c1OCC(=O)N1CCC(N)C1.Cl. The van der Waals surface area contributed by atoms with Gasteiger partial charge in [-0.2, -0.15) is 5.10 Å². The molecule has 1 unspecified atom stereocenters. The van der Waals surface area contributed by atoms with Gasteiger partial charge in [-0.15, -0.1) is 12.4 Å². The number of nitrogens with two attached hydrogens (primary N) is 1. The van der Waals surface area contributed by atoms with Gasteiger partial charge in [0.1, 0.15) is 5.69 Å². The molecule has 0 bridgehead atoms. The Kier molecular flexibility index (Phi) is 5.20. The largest absolute Gasteiger partial charge is 0.480 e. The van der Waals surface area contributed by atoms with Gasteiger partial charge in [-0.1, -0.05) is 0 Å². The number of nitrogens with zero attached hydrogens (tertiary/aromatic N) is 3. The molecule has 2 N–H and O–H groups in total. The highest BCUT2D eigenvalue weighted by atomic mass is 35.5. The molecule has 0 saturated carbocycles. The molecule has 2 heterocycles. The molecule has 2 rings (SSSR count). The highest BCUT2D eigenvalue weighted by Crippen LogP contribution is 2.21. The summed E-state index contributed by atoms with van der Waals surface area (Å²) < 4.78 is 7.33. The van der Waals surface area contributed by atoms with E-state index >= 15 is 0 Å². The molecule has 0 aromatic carbocycles. The van der Waals surface area contributed by atoms with Crippen LogP contribution in [0.25, 0.3) is 0 Å². The molecule has 1 aromatic rings. The van der Waals surface area contributed by atoms with Crippen molar-refractivity contribution in [3.8, 4) is 5.75 Å². The van der Waals surface area contributed by atoms with Crippen molar-refractivity contribution >= 4 is 18.3 Å². The van der Waals surface area contributed by atoms with Gasteiger partial charge in [0, 0.05) is 26.2 Å². The van der Waals surface area contributed by atoms with E-state index in [2.05, 4.69) is 5.10 Å². The molecule has 7 heteroatoms. The van der Waals surface area contributed by atoms with Crippen LogP contribution in [0.3, 0.4) is 0 Å². The first-order chi connectivity index (χ1) is 8.49. The minimum Gasteiger partial charge on any atom is -0.480 e. The fourth-order valence-electron chi connectivity index (χ4n) is 2.20. The van der Waals surface area contributed by atoms with Gasteiger partial charge in [-0.05, 0) is 20.3 Å². The first kappa shape index (κ1) is 15.8. The number of carbonyl (C=O) groups excluding carboxylic acids is 1. The molecule has 1 aromatic heterocycles. The summed E-state index contributed by atoms with van der Waals surface area (Å²) in [4.78, 5) is 13.7. The van der Waals surface area contributed by atoms with Gasteiger partial charge in [0.25, 0.3) is 5.91 Å². The molecule has 1 fully saturated rings. The summed E-state index contributed by atoms with van der Waals surface area (Å²) in [6, 6.07) is 0.107. The van der Waals surface area contributed by atoms with Crippen LogP contribution in [0.1, 0.15) is 17.8 Å². The Morgan fingerprint density at radius 1 is 1.53 bits per heavy atom. The fraction of sp³-hybridized carbons (Fsp3) is 0.667. The van der Waals surface area contributed by atoms with Crippen molar-refractivity contribution < 1.29 is 9.53 Å². The first-order valence-corrected chi connectivity index (χ1v) is 6.15. The second-order valence-corrected chi connectivity index (χ2v) is 4.80. The topological polar surface area (TPSA) is 73.4 Å². The highest BCUT2D eigenvalue weighted by molar-refractivity contribution is 5.85. The number of amides is 1. The van der Waals surface area contributed by atoms with Crippen molar-refractivity contribution in [3.63, 3.8) is 0 Å². The maximum absolute atomic E-state index is 11.9. The van der Waals surface area contributed by atoms with Crippen molar-refractivity contribution in [3.05, 3.63) is 11.4 Å². The quantitative estimate of drug-likeness (QED) is 0.874. The van der Waals surface area contributed by atoms with Crippen LogP contribution >= 0.6 is 12.4 Å². The number of aryl methyl sites for hydroxylation is 2. The molecule has 1 atom stereocenters. The number of carbonyl (C=O) groups is 1. The second-order valence-electron chi connectivity index (χ2n) is 4.80. The normalized spacial score (nSPS) is 18.3. The van der Waals surface area contributed by atoms with Crippen molar-refractivity contribution in [2.24, 2.45) is 12.8 Å². The van der Waals surface area contributed by atoms with Gasteiger partial charge in [-0.3, -0.25) is 9.48 Å². The molecular formula is C12H21ClN4O2.